The van der Waals surface area contributed by atoms with E-state index in [4.69, 9.17) is 18.0 Å². The van der Waals surface area contributed by atoms with Gasteiger partial charge in [-0.2, -0.15) is 0 Å². The minimum Gasteiger partial charge on any atom is -0.392 e. The van der Waals surface area contributed by atoms with Crippen LogP contribution in [0.25, 0.3) is 0 Å². The molecule has 1 amide bonds. The van der Waals surface area contributed by atoms with E-state index in [1.165, 1.54) is 12.8 Å². The second kappa shape index (κ2) is 7.57. The third-order valence-electron chi connectivity index (χ3n) is 4.80. The molecule has 1 aliphatic rings. The van der Waals surface area contributed by atoms with Gasteiger partial charge in [0.05, 0.1) is 10.4 Å². The van der Waals surface area contributed by atoms with Crippen molar-refractivity contribution >= 4 is 23.1 Å². The molecule has 0 aromatic rings. The molecule has 1 rings (SSSR count). The second-order valence-corrected chi connectivity index (χ2v) is 7.82. The summed E-state index contributed by atoms with van der Waals surface area (Å²) in [6.07, 6.45) is 7.87. The first-order valence-electron chi connectivity index (χ1n) is 8.38. The maximum Gasteiger partial charge on any atom is 0.233 e. The molecule has 0 bridgehead atoms. The van der Waals surface area contributed by atoms with Crippen LogP contribution >= 0.6 is 12.2 Å². The highest BCUT2D eigenvalue weighted by Crippen LogP contribution is 2.36. The molecule has 0 saturated heterocycles. The lowest BCUT2D eigenvalue weighted by Crippen LogP contribution is -2.52. The van der Waals surface area contributed by atoms with Gasteiger partial charge in [-0.05, 0) is 37.5 Å². The number of rotatable bonds is 7. The summed E-state index contributed by atoms with van der Waals surface area (Å²) < 4.78 is 0. The highest BCUT2D eigenvalue weighted by atomic mass is 32.1. The van der Waals surface area contributed by atoms with Crippen molar-refractivity contribution in [2.75, 3.05) is 0 Å². The predicted octanol–water partition coefficient (Wildman–Crippen LogP) is 3.94. The van der Waals surface area contributed by atoms with Crippen LogP contribution in [0.4, 0.5) is 0 Å². The maximum atomic E-state index is 12.9. The average molecular weight is 313 g/mol. The van der Waals surface area contributed by atoms with Crippen LogP contribution in [0.15, 0.2) is 0 Å². The van der Waals surface area contributed by atoms with Crippen LogP contribution in [-0.2, 0) is 4.79 Å². The van der Waals surface area contributed by atoms with E-state index in [9.17, 15) is 4.79 Å². The molecule has 1 unspecified atom stereocenters. The molecule has 0 spiro atoms. The molecule has 3 N–H and O–H groups in total. The summed E-state index contributed by atoms with van der Waals surface area (Å²) in [7, 11) is 0. The summed E-state index contributed by atoms with van der Waals surface area (Å²) >= 11 is 5.27. The number of nitrogens with one attached hydrogen (secondary N) is 1. The predicted molar refractivity (Wildman–Crippen MR) is 93.2 cm³/mol. The molecule has 0 radical (unpaired) electrons. The van der Waals surface area contributed by atoms with Gasteiger partial charge in [-0.15, -0.1) is 0 Å². The summed E-state index contributed by atoms with van der Waals surface area (Å²) in [5.74, 6) is 0.0569. The summed E-state index contributed by atoms with van der Waals surface area (Å²) in [5.41, 5.74) is 5.64. The standard InChI is InChI=1S/C17H32N2OS/c1-5-9-17(10-6-2,14(18)21)15(20)19-13-8-7-11-16(3,4)12-13/h13H,5-12H2,1-4H3,(H2,18,21)(H,19,20). The van der Waals surface area contributed by atoms with Crippen molar-refractivity contribution in [3.05, 3.63) is 0 Å². The zero-order valence-corrected chi connectivity index (χ0v) is 14.9. The molecule has 0 aromatic carbocycles. The van der Waals surface area contributed by atoms with Gasteiger partial charge in [0.2, 0.25) is 5.91 Å². The number of hydrogen-bond donors (Lipinski definition) is 2. The van der Waals surface area contributed by atoms with Gasteiger partial charge >= 0.3 is 0 Å². The summed E-state index contributed by atoms with van der Waals surface area (Å²) in [6, 6.07) is 0.267. The van der Waals surface area contributed by atoms with Crippen LogP contribution in [-0.4, -0.2) is 16.9 Å². The molecule has 122 valence electrons. The average Bonchev–Trinajstić information content (AvgIpc) is 2.36. The Morgan fingerprint density at radius 3 is 2.33 bits per heavy atom. The molecular weight excluding hydrogens is 280 g/mol. The third kappa shape index (κ3) is 4.67. The van der Waals surface area contributed by atoms with Crippen LogP contribution in [0.2, 0.25) is 0 Å². The molecular formula is C17H32N2OS. The molecule has 0 aliphatic heterocycles. The summed E-state index contributed by atoms with van der Waals surface area (Å²) in [4.78, 5) is 13.2. The molecule has 1 atom stereocenters. The number of nitrogens with two attached hydrogens (primary N) is 1. The first-order valence-corrected chi connectivity index (χ1v) is 8.79. The Kier molecular flexibility index (Phi) is 6.64. The van der Waals surface area contributed by atoms with Crippen molar-refractivity contribution in [3.63, 3.8) is 0 Å². The minimum absolute atomic E-state index is 0.0569. The van der Waals surface area contributed by atoms with E-state index in [2.05, 4.69) is 33.0 Å². The molecule has 4 heteroatoms. The van der Waals surface area contributed by atoms with E-state index in [-0.39, 0.29) is 11.9 Å². The molecule has 1 aliphatic carbocycles. The fourth-order valence-corrected chi connectivity index (χ4v) is 4.01. The van der Waals surface area contributed by atoms with Gasteiger partial charge in [0.1, 0.15) is 0 Å². The van der Waals surface area contributed by atoms with Gasteiger partial charge in [-0.25, -0.2) is 0 Å². The number of carbonyl (C=O) groups excluding carboxylic acids is 1. The number of thiocarbonyl (C=S) groups is 1. The first-order chi connectivity index (χ1) is 9.77. The maximum absolute atomic E-state index is 12.9. The SMILES string of the molecule is CCCC(CCC)(C(=O)NC1CCCC(C)(C)C1)C(N)=S. The highest BCUT2D eigenvalue weighted by molar-refractivity contribution is 7.80. The van der Waals surface area contributed by atoms with Crippen molar-refractivity contribution < 1.29 is 4.79 Å². The van der Waals surface area contributed by atoms with Crippen molar-refractivity contribution in [2.24, 2.45) is 16.6 Å². The van der Waals surface area contributed by atoms with Crippen molar-refractivity contribution in [2.45, 2.75) is 85.1 Å². The van der Waals surface area contributed by atoms with Crippen molar-refractivity contribution in [1.29, 1.82) is 0 Å². The Hall–Kier alpha value is -0.640. The normalized spacial score (nSPS) is 21.8. The smallest absolute Gasteiger partial charge is 0.233 e. The Morgan fingerprint density at radius 1 is 1.33 bits per heavy atom. The van der Waals surface area contributed by atoms with Crippen LogP contribution in [0, 0.1) is 10.8 Å². The van der Waals surface area contributed by atoms with Crippen LogP contribution in [0.3, 0.4) is 0 Å². The van der Waals surface area contributed by atoms with E-state index in [1.807, 2.05) is 0 Å². The van der Waals surface area contributed by atoms with Crippen LogP contribution < -0.4 is 11.1 Å². The van der Waals surface area contributed by atoms with Crippen LogP contribution in [0.1, 0.15) is 79.1 Å². The second-order valence-electron chi connectivity index (χ2n) is 7.38. The molecule has 1 saturated carbocycles. The molecule has 0 heterocycles. The van der Waals surface area contributed by atoms with Gasteiger partial charge in [-0.3, -0.25) is 4.79 Å². The van der Waals surface area contributed by atoms with Gasteiger partial charge in [-0.1, -0.05) is 59.2 Å². The Bertz CT molecular complexity index is 373. The zero-order valence-electron chi connectivity index (χ0n) is 14.1. The van der Waals surface area contributed by atoms with Gasteiger partial charge < -0.3 is 11.1 Å². The number of hydrogen-bond acceptors (Lipinski definition) is 2. The molecule has 1 fully saturated rings. The van der Waals surface area contributed by atoms with E-state index in [0.717, 1.165) is 38.5 Å². The highest BCUT2D eigenvalue weighted by Gasteiger charge is 2.41. The van der Waals surface area contributed by atoms with Crippen molar-refractivity contribution in [1.82, 2.24) is 5.32 Å². The minimum atomic E-state index is -0.652. The van der Waals surface area contributed by atoms with E-state index in [0.29, 0.717) is 10.4 Å². The Morgan fingerprint density at radius 2 is 1.90 bits per heavy atom. The lowest BCUT2D eigenvalue weighted by Gasteiger charge is -2.38. The third-order valence-corrected chi connectivity index (χ3v) is 5.19. The van der Waals surface area contributed by atoms with Crippen LogP contribution in [0.5, 0.6) is 0 Å². The largest absolute Gasteiger partial charge is 0.392 e. The Balaban J connectivity index is 2.83. The molecule has 21 heavy (non-hydrogen) atoms. The van der Waals surface area contributed by atoms with Gasteiger partial charge in [0.25, 0.3) is 0 Å². The van der Waals surface area contributed by atoms with E-state index < -0.39 is 5.41 Å². The summed E-state index contributed by atoms with van der Waals surface area (Å²) in [5, 5.41) is 3.26. The number of amides is 1. The van der Waals surface area contributed by atoms with Crippen molar-refractivity contribution in [3.8, 4) is 0 Å². The van der Waals surface area contributed by atoms with Gasteiger partial charge in [0.15, 0.2) is 0 Å². The lowest BCUT2D eigenvalue weighted by molar-refractivity contribution is -0.129. The quantitative estimate of drug-likeness (QED) is 0.700. The summed E-state index contributed by atoms with van der Waals surface area (Å²) in [6.45, 7) is 8.73. The van der Waals surface area contributed by atoms with Gasteiger partial charge in [0, 0.05) is 6.04 Å². The van der Waals surface area contributed by atoms with E-state index in [1.54, 1.807) is 0 Å². The monoisotopic (exact) mass is 312 g/mol. The fourth-order valence-electron chi connectivity index (χ4n) is 3.71. The molecule has 0 aromatic heterocycles. The zero-order chi connectivity index (χ0) is 16.1. The lowest BCUT2D eigenvalue weighted by atomic mass is 9.74. The fraction of sp³-hybridized carbons (Fsp3) is 0.882. The van der Waals surface area contributed by atoms with E-state index >= 15 is 0 Å². The number of carbonyl (C=O) groups is 1. The first kappa shape index (κ1) is 18.4. The molecule has 3 nitrogen and oxygen atoms in total. The Labute approximate surface area is 135 Å². The topological polar surface area (TPSA) is 55.1 Å².